The Morgan fingerprint density at radius 1 is 1.06 bits per heavy atom. The van der Waals surface area contributed by atoms with Gasteiger partial charge in [-0.2, -0.15) is 18.3 Å². The number of likely N-dealkylation sites (tertiary alicyclic amines) is 1. The topological polar surface area (TPSA) is 106 Å². The molecule has 1 aromatic heterocycles. The maximum absolute atomic E-state index is 13.4. The van der Waals surface area contributed by atoms with E-state index in [1.807, 2.05) is 0 Å². The number of nitrogens with zero attached hydrogens (tertiary/aromatic N) is 3. The van der Waals surface area contributed by atoms with Gasteiger partial charge in [0.05, 0.1) is 11.3 Å². The van der Waals surface area contributed by atoms with E-state index >= 15 is 0 Å². The van der Waals surface area contributed by atoms with Crippen LogP contribution in [-0.4, -0.2) is 72.0 Å². The van der Waals surface area contributed by atoms with E-state index in [0.717, 1.165) is 10.9 Å². The van der Waals surface area contributed by atoms with Crippen LogP contribution in [0.5, 0.6) is 0 Å². The van der Waals surface area contributed by atoms with Gasteiger partial charge in [-0.05, 0) is 25.0 Å². The van der Waals surface area contributed by atoms with E-state index in [0.29, 0.717) is 18.5 Å². The van der Waals surface area contributed by atoms with Gasteiger partial charge in [0, 0.05) is 38.3 Å². The van der Waals surface area contributed by atoms with Gasteiger partial charge in [0.1, 0.15) is 13.3 Å². The van der Waals surface area contributed by atoms with Crippen LogP contribution in [0, 0.1) is 5.92 Å². The van der Waals surface area contributed by atoms with E-state index in [-0.39, 0.29) is 44.6 Å². The molecule has 1 fully saturated rings. The number of carbonyl (C=O) groups is 3. The molecule has 2 heterocycles. The number of hydrogen-bond acceptors (Lipinski definition) is 5. The molecule has 0 aliphatic carbocycles. The Labute approximate surface area is 198 Å². The van der Waals surface area contributed by atoms with Crippen LogP contribution in [0.15, 0.2) is 36.5 Å². The smallest absolute Gasteiger partial charge is 0.435 e. The lowest BCUT2D eigenvalue weighted by atomic mass is 9.96. The highest BCUT2D eigenvalue weighted by molar-refractivity contribution is 5.95. The number of benzene rings is 1. The molecule has 0 unspecified atom stereocenters. The lowest BCUT2D eigenvalue weighted by Crippen LogP contribution is -2.44. The summed E-state index contributed by atoms with van der Waals surface area (Å²) in [5.41, 5.74) is -1.56. The number of amides is 3. The van der Waals surface area contributed by atoms with Gasteiger partial charge in [0.25, 0.3) is 5.91 Å². The fourth-order valence-corrected chi connectivity index (χ4v) is 3.61. The second-order valence-corrected chi connectivity index (χ2v) is 7.78. The molecule has 0 bridgehead atoms. The van der Waals surface area contributed by atoms with E-state index in [2.05, 4.69) is 15.7 Å². The van der Waals surface area contributed by atoms with Crippen LogP contribution in [0.1, 0.15) is 28.9 Å². The average Bonchev–Trinajstić information content (AvgIpc) is 3.32. The Bertz CT molecular complexity index is 1020. The minimum absolute atomic E-state index is 0.0114. The summed E-state index contributed by atoms with van der Waals surface area (Å²) >= 11 is 0. The van der Waals surface area contributed by atoms with Gasteiger partial charge in [0.15, 0.2) is 5.69 Å². The molecule has 0 radical (unpaired) electrons. The van der Waals surface area contributed by atoms with Crippen molar-refractivity contribution >= 4 is 17.9 Å². The van der Waals surface area contributed by atoms with Gasteiger partial charge < -0.3 is 20.3 Å². The van der Waals surface area contributed by atoms with Crippen LogP contribution in [-0.2, 0) is 15.7 Å². The second kappa shape index (κ2) is 11.7. The van der Waals surface area contributed by atoms with Crippen molar-refractivity contribution < 1.29 is 36.7 Å². The summed E-state index contributed by atoms with van der Waals surface area (Å²) in [6.07, 6.45) is -3.67. The third-order valence-corrected chi connectivity index (χ3v) is 5.38. The fraction of sp³-hybridized carbons (Fsp3) is 0.455. The number of carbonyl (C=O) groups excluding carboxylic acids is 3. The van der Waals surface area contributed by atoms with Crippen molar-refractivity contribution in [1.29, 1.82) is 0 Å². The van der Waals surface area contributed by atoms with Crippen molar-refractivity contribution in [2.75, 3.05) is 39.5 Å². The van der Waals surface area contributed by atoms with E-state index in [1.54, 1.807) is 30.3 Å². The molecule has 1 aliphatic heterocycles. The molecule has 3 rings (SSSR count). The predicted molar refractivity (Wildman–Crippen MR) is 116 cm³/mol. The summed E-state index contributed by atoms with van der Waals surface area (Å²) in [5.74, 6) is -1.62. The molecule has 13 heteroatoms. The molecular formula is C22H25F4N5O4. The molecule has 9 nitrogen and oxygen atoms in total. The third kappa shape index (κ3) is 6.93. The monoisotopic (exact) mass is 499 g/mol. The first-order valence-corrected chi connectivity index (χ1v) is 11.0. The fourth-order valence-electron chi connectivity index (χ4n) is 3.61. The van der Waals surface area contributed by atoms with Crippen LogP contribution in [0.2, 0.25) is 0 Å². The summed E-state index contributed by atoms with van der Waals surface area (Å²) in [6.45, 7) is -0.599. The van der Waals surface area contributed by atoms with Gasteiger partial charge in [0.2, 0.25) is 5.91 Å². The van der Waals surface area contributed by atoms with Crippen LogP contribution in [0.25, 0.3) is 5.69 Å². The van der Waals surface area contributed by atoms with Crippen molar-refractivity contribution in [3.63, 3.8) is 0 Å². The first-order valence-electron chi connectivity index (χ1n) is 11.0. The molecule has 2 N–H and O–H groups in total. The highest BCUT2D eigenvalue weighted by atomic mass is 19.4. The quantitative estimate of drug-likeness (QED) is 0.429. The minimum atomic E-state index is -4.83. The molecule has 0 saturated carbocycles. The number of alkyl halides is 4. The highest BCUT2D eigenvalue weighted by Crippen LogP contribution is 2.31. The largest absolute Gasteiger partial charge is 0.447 e. The molecule has 3 amide bonds. The van der Waals surface area contributed by atoms with Crippen LogP contribution in [0.4, 0.5) is 22.4 Å². The Balaban J connectivity index is 1.48. The maximum atomic E-state index is 13.4. The van der Waals surface area contributed by atoms with E-state index in [9.17, 15) is 31.9 Å². The standard InChI is InChI=1S/C22H25F4N5O4/c23-8-13-35-21(34)30-11-6-15(7-12-30)19(32)27-9-10-28-20(33)17-14-31(16-4-2-1-3-5-16)29-18(17)22(24,25)26/h1-5,14-15H,6-13H2,(H,27,32)(H,28,33). The normalized spacial score (nSPS) is 14.5. The van der Waals surface area contributed by atoms with Crippen molar-refractivity contribution in [3.05, 3.63) is 47.8 Å². The van der Waals surface area contributed by atoms with Gasteiger partial charge in [-0.15, -0.1) is 0 Å². The maximum Gasteiger partial charge on any atom is 0.435 e. The van der Waals surface area contributed by atoms with Crippen LogP contribution in [0.3, 0.4) is 0 Å². The molecule has 2 aromatic rings. The van der Waals surface area contributed by atoms with Gasteiger partial charge in [-0.3, -0.25) is 9.59 Å². The van der Waals surface area contributed by atoms with Crippen LogP contribution >= 0.6 is 0 Å². The Morgan fingerprint density at radius 2 is 1.71 bits per heavy atom. The van der Waals surface area contributed by atoms with Crippen LogP contribution < -0.4 is 10.6 Å². The number of hydrogen-bond donors (Lipinski definition) is 2. The zero-order valence-electron chi connectivity index (χ0n) is 18.7. The number of piperidine rings is 1. The van der Waals surface area contributed by atoms with Crippen molar-refractivity contribution in [1.82, 2.24) is 25.3 Å². The highest BCUT2D eigenvalue weighted by Gasteiger charge is 2.39. The van der Waals surface area contributed by atoms with Crippen molar-refractivity contribution in [2.45, 2.75) is 19.0 Å². The lowest BCUT2D eigenvalue weighted by molar-refractivity contribution is -0.141. The Kier molecular flexibility index (Phi) is 8.66. The van der Waals surface area contributed by atoms with E-state index in [4.69, 9.17) is 4.74 Å². The molecule has 0 atom stereocenters. The SMILES string of the molecule is O=C(NCCNC(=O)C1CCN(C(=O)OCCF)CC1)c1cn(-c2ccccc2)nc1C(F)(F)F. The van der Waals surface area contributed by atoms with Gasteiger partial charge in [-0.25, -0.2) is 13.9 Å². The predicted octanol–water partition coefficient (Wildman–Crippen LogP) is 2.56. The Morgan fingerprint density at radius 3 is 2.34 bits per heavy atom. The Hall–Kier alpha value is -3.64. The summed E-state index contributed by atoms with van der Waals surface area (Å²) < 4.78 is 58.0. The molecule has 35 heavy (non-hydrogen) atoms. The first-order chi connectivity index (χ1) is 16.7. The number of ether oxygens (including phenoxy) is 1. The average molecular weight is 499 g/mol. The number of aromatic nitrogens is 2. The van der Waals surface area contributed by atoms with Crippen molar-refractivity contribution in [2.24, 2.45) is 5.92 Å². The molecule has 1 aromatic carbocycles. The molecule has 0 spiro atoms. The third-order valence-electron chi connectivity index (χ3n) is 5.38. The molecular weight excluding hydrogens is 474 g/mol. The summed E-state index contributed by atoms with van der Waals surface area (Å²) in [7, 11) is 0. The van der Waals surface area contributed by atoms with Gasteiger partial charge >= 0.3 is 12.3 Å². The zero-order valence-corrected chi connectivity index (χ0v) is 18.7. The molecule has 190 valence electrons. The second-order valence-electron chi connectivity index (χ2n) is 7.78. The first kappa shape index (κ1) is 26.0. The summed E-state index contributed by atoms with van der Waals surface area (Å²) in [5, 5.41) is 8.53. The molecule has 1 aliphatic rings. The van der Waals surface area contributed by atoms with E-state index < -0.39 is 36.1 Å². The number of halogens is 4. The van der Waals surface area contributed by atoms with Crippen molar-refractivity contribution in [3.8, 4) is 5.69 Å². The van der Waals surface area contributed by atoms with E-state index in [1.165, 1.54) is 4.90 Å². The number of para-hydroxylation sites is 1. The summed E-state index contributed by atoms with van der Waals surface area (Å²) in [4.78, 5) is 37.9. The number of nitrogens with one attached hydrogen (secondary N) is 2. The molecule has 1 saturated heterocycles. The van der Waals surface area contributed by atoms with Gasteiger partial charge in [-0.1, -0.05) is 18.2 Å². The minimum Gasteiger partial charge on any atom is -0.447 e. The lowest BCUT2D eigenvalue weighted by Gasteiger charge is -2.30. The zero-order chi connectivity index (χ0) is 25.4. The number of rotatable bonds is 8. The summed E-state index contributed by atoms with van der Waals surface area (Å²) in [6, 6.07) is 8.08.